The van der Waals surface area contributed by atoms with Gasteiger partial charge in [-0.2, -0.15) is 0 Å². The lowest BCUT2D eigenvalue weighted by atomic mass is 10.1. The maximum Gasteiger partial charge on any atom is 0.237 e. The van der Waals surface area contributed by atoms with E-state index < -0.39 is 0 Å². The van der Waals surface area contributed by atoms with Crippen molar-refractivity contribution in [3.63, 3.8) is 0 Å². The van der Waals surface area contributed by atoms with Crippen LogP contribution in [0.25, 0.3) is 5.78 Å². The average molecular weight is 372 g/mol. The number of nitrogens with one attached hydrogen (secondary N) is 2. The van der Waals surface area contributed by atoms with E-state index in [-0.39, 0.29) is 24.3 Å². The zero-order valence-corrected chi connectivity index (χ0v) is 16.0. The number of amides is 2. The van der Waals surface area contributed by atoms with Crippen LogP contribution in [-0.2, 0) is 16.0 Å². The number of aromatic nitrogens is 3. The van der Waals surface area contributed by atoms with Crippen LogP contribution in [0.2, 0.25) is 0 Å². The van der Waals surface area contributed by atoms with Gasteiger partial charge in [-0.25, -0.2) is 9.97 Å². The molecule has 27 heavy (non-hydrogen) atoms. The van der Waals surface area contributed by atoms with Crippen molar-refractivity contribution in [3.05, 3.63) is 30.4 Å². The third-order valence-corrected chi connectivity index (χ3v) is 4.80. The van der Waals surface area contributed by atoms with E-state index in [0.717, 1.165) is 25.2 Å². The Morgan fingerprint density at radius 1 is 1.44 bits per heavy atom. The molecule has 1 aliphatic rings. The minimum absolute atomic E-state index is 0.0495. The lowest BCUT2D eigenvalue weighted by Gasteiger charge is -2.35. The smallest absolute Gasteiger partial charge is 0.237 e. The lowest BCUT2D eigenvalue weighted by Crippen LogP contribution is -2.56. The summed E-state index contributed by atoms with van der Waals surface area (Å²) in [6, 6.07) is 1.47. The summed E-state index contributed by atoms with van der Waals surface area (Å²) < 4.78 is 1.86. The molecule has 3 heterocycles. The van der Waals surface area contributed by atoms with Crippen LogP contribution in [0.1, 0.15) is 32.4 Å². The maximum absolute atomic E-state index is 12.3. The molecule has 8 nitrogen and oxygen atoms in total. The van der Waals surface area contributed by atoms with Crippen molar-refractivity contribution in [2.75, 3.05) is 26.2 Å². The van der Waals surface area contributed by atoms with Crippen LogP contribution in [-0.4, -0.2) is 63.3 Å². The summed E-state index contributed by atoms with van der Waals surface area (Å²) in [5.41, 5.74) is 0.878. The van der Waals surface area contributed by atoms with E-state index in [2.05, 4.69) is 39.3 Å². The fraction of sp³-hybridized carbons (Fsp3) is 0.579. The summed E-state index contributed by atoms with van der Waals surface area (Å²) in [6.07, 6.45) is 7.35. The van der Waals surface area contributed by atoms with Crippen molar-refractivity contribution < 1.29 is 9.59 Å². The predicted molar refractivity (Wildman–Crippen MR) is 102 cm³/mol. The predicted octanol–water partition coefficient (Wildman–Crippen LogP) is 0.625. The molecule has 146 valence electrons. The van der Waals surface area contributed by atoms with Gasteiger partial charge in [-0.3, -0.25) is 18.9 Å². The fourth-order valence-electron chi connectivity index (χ4n) is 3.25. The molecule has 1 saturated heterocycles. The molecule has 2 aromatic heterocycles. The first kappa shape index (κ1) is 19.3. The monoisotopic (exact) mass is 372 g/mol. The quantitative estimate of drug-likeness (QED) is 0.709. The van der Waals surface area contributed by atoms with Crippen LogP contribution in [0, 0.1) is 5.92 Å². The van der Waals surface area contributed by atoms with Crippen molar-refractivity contribution in [1.82, 2.24) is 29.9 Å². The van der Waals surface area contributed by atoms with Gasteiger partial charge in [0.25, 0.3) is 0 Å². The largest absolute Gasteiger partial charge is 0.356 e. The standard InChI is InChI=1S/C19H28N6O2/c1-14(2)5-10-24-11-8-21-18(27)16(24)12-17(26)20-7-4-15-13-25-9-3-6-22-19(25)23-15/h3,6,9,13-14,16H,4-5,7-8,10-12H2,1-2H3,(H,20,26)(H,21,27)/t16-/m1/s1. The van der Waals surface area contributed by atoms with Gasteiger partial charge < -0.3 is 10.6 Å². The molecule has 0 unspecified atom stereocenters. The van der Waals surface area contributed by atoms with Crippen LogP contribution in [0.15, 0.2) is 24.7 Å². The number of hydrogen-bond acceptors (Lipinski definition) is 5. The van der Waals surface area contributed by atoms with Crippen LogP contribution in [0.5, 0.6) is 0 Å². The Kier molecular flexibility index (Phi) is 6.39. The Hall–Kier alpha value is -2.48. The number of carbonyl (C=O) groups is 2. The summed E-state index contributed by atoms with van der Waals surface area (Å²) in [5.74, 6) is 1.07. The molecule has 0 bridgehead atoms. The number of hydrogen-bond donors (Lipinski definition) is 2. The zero-order chi connectivity index (χ0) is 19.2. The molecule has 3 rings (SSSR count). The van der Waals surface area contributed by atoms with E-state index in [9.17, 15) is 9.59 Å². The Labute approximate surface area is 159 Å². The third-order valence-electron chi connectivity index (χ3n) is 4.80. The number of fused-ring (bicyclic) bond motifs is 1. The highest BCUT2D eigenvalue weighted by atomic mass is 16.2. The summed E-state index contributed by atoms with van der Waals surface area (Å²) in [6.45, 7) is 7.11. The summed E-state index contributed by atoms with van der Waals surface area (Å²) in [7, 11) is 0. The van der Waals surface area contributed by atoms with Gasteiger partial charge in [0.15, 0.2) is 0 Å². The van der Waals surface area contributed by atoms with Crippen LogP contribution >= 0.6 is 0 Å². The Balaban J connectivity index is 1.48. The molecule has 1 atom stereocenters. The van der Waals surface area contributed by atoms with E-state index in [0.29, 0.717) is 31.2 Å². The van der Waals surface area contributed by atoms with Gasteiger partial charge in [0, 0.05) is 44.6 Å². The van der Waals surface area contributed by atoms with Gasteiger partial charge in [-0.1, -0.05) is 13.8 Å². The molecule has 0 aliphatic carbocycles. The summed E-state index contributed by atoms with van der Waals surface area (Å²) in [5, 5.41) is 5.79. The van der Waals surface area contributed by atoms with E-state index in [1.165, 1.54) is 0 Å². The molecule has 1 aliphatic heterocycles. The molecule has 8 heteroatoms. The number of rotatable bonds is 8. The third kappa shape index (κ3) is 5.26. The minimum Gasteiger partial charge on any atom is -0.356 e. The zero-order valence-electron chi connectivity index (χ0n) is 16.0. The Morgan fingerprint density at radius 3 is 3.07 bits per heavy atom. The number of imidazole rings is 1. The average Bonchev–Trinajstić information content (AvgIpc) is 3.05. The molecule has 1 fully saturated rings. The molecule has 0 radical (unpaired) electrons. The second kappa shape index (κ2) is 8.94. The molecule has 0 aromatic carbocycles. The van der Waals surface area contributed by atoms with Gasteiger partial charge in [0.05, 0.1) is 18.2 Å². The highest BCUT2D eigenvalue weighted by molar-refractivity contribution is 5.88. The first-order chi connectivity index (χ1) is 13.0. The van der Waals surface area contributed by atoms with Crippen molar-refractivity contribution in [2.24, 2.45) is 5.92 Å². The molecule has 2 N–H and O–H groups in total. The molecular weight excluding hydrogens is 344 g/mol. The SMILES string of the molecule is CC(C)CCN1CCNC(=O)[C@H]1CC(=O)NCCc1cn2cccnc2n1. The van der Waals surface area contributed by atoms with Crippen LogP contribution in [0.3, 0.4) is 0 Å². The Morgan fingerprint density at radius 2 is 2.30 bits per heavy atom. The fourth-order valence-corrected chi connectivity index (χ4v) is 3.25. The van der Waals surface area contributed by atoms with E-state index in [1.54, 1.807) is 6.20 Å². The van der Waals surface area contributed by atoms with E-state index in [1.807, 2.05) is 22.9 Å². The lowest BCUT2D eigenvalue weighted by molar-refractivity contribution is -0.134. The highest BCUT2D eigenvalue weighted by Crippen LogP contribution is 2.12. The van der Waals surface area contributed by atoms with Gasteiger partial charge >= 0.3 is 0 Å². The van der Waals surface area contributed by atoms with Crippen molar-refractivity contribution in [2.45, 2.75) is 39.2 Å². The topological polar surface area (TPSA) is 91.6 Å². The van der Waals surface area contributed by atoms with Gasteiger partial charge in [-0.15, -0.1) is 0 Å². The molecule has 2 amide bonds. The maximum atomic E-state index is 12.3. The number of piperazine rings is 1. The highest BCUT2D eigenvalue weighted by Gasteiger charge is 2.31. The number of nitrogens with zero attached hydrogens (tertiary/aromatic N) is 4. The first-order valence-electron chi connectivity index (χ1n) is 9.60. The summed E-state index contributed by atoms with van der Waals surface area (Å²) in [4.78, 5) is 35.3. The van der Waals surface area contributed by atoms with Crippen molar-refractivity contribution in [1.29, 1.82) is 0 Å². The normalized spacial score (nSPS) is 18.0. The van der Waals surface area contributed by atoms with E-state index in [4.69, 9.17) is 0 Å². The number of carbonyl (C=O) groups excluding carboxylic acids is 2. The van der Waals surface area contributed by atoms with Crippen LogP contribution < -0.4 is 10.6 Å². The van der Waals surface area contributed by atoms with Gasteiger partial charge in [0.1, 0.15) is 0 Å². The van der Waals surface area contributed by atoms with Crippen molar-refractivity contribution in [3.8, 4) is 0 Å². The molecular formula is C19H28N6O2. The second-order valence-corrected chi connectivity index (χ2v) is 7.39. The summed E-state index contributed by atoms with van der Waals surface area (Å²) >= 11 is 0. The van der Waals surface area contributed by atoms with Gasteiger partial charge in [0.2, 0.25) is 17.6 Å². The minimum atomic E-state index is -0.378. The van der Waals surface area contributed by atoms with Gasteiger partial charge in [-0.05, 0) is 24.9 Å². The molecule has 0 saturated carbocycles. The van der Waals surface area contributed by atoms with Crippen molar-refractivity contribution >= 4 is 17.6 Å². The Bertz CT molecular complexity index is 754. The molecule has 0 spiro atoms. The second-order valence-electron chi connectivity index (χ2n) is 7.39. The molecule has 2 aromatic rings. The van der Waals surface area contributed by atoms with Crippen LogP contribution in [0.4, 0.5) is 0 Å². The van der Waals surface area contributed by atoms with E-state index >= 15 is 0 Å². The first-order valence-corrected chi connectivity index (χ1v) is 9.60.